The zero-order valence-corrected chi connectivity index (χ0v) is 32.0. The maximum Gasteiger partial charge on any atom is 0.0534 e. The molecule has 4 heterocycles. The molecular weight excluding hydrogens is 717 g/mol. The maximum absolute atomic E-state index is 3.79. The van der Waals surface area contributed by atoms with E-state index >= 15 is 0 Å². The molecule has 0 aliphatic heterocycles. The summed E-state index contributed by atoms with van der Waals surface area (Å²) < 4.78 is 10.9. The van der Waals surface area contributed by atoms with Gasteiger partial charge in [-0.15, -0.1) is 45.3 Å². The van der Waals surface area contributed by atoms with Crippen LogP contribution in [0.4, 0.5) is 0 Å². The average Bonchev–Trinajstić information content (AvgIpc) is 3.97. The van der Waals surface area contributed by atoms with Gasteiger partial charge in [0.1, 0.15) is 0 Å². The lowest BCUT2D eigenvalue weighted by atomic mass is 9.99. The molecule has 0 spiro atoms. The van der Waals surface area contributed by atoms with Crippen molar-refractivity contribution in [3.05, 3.63) is 164 Å². The van der Waals surface area contributed by atoms with Gasteiger partial charge >= 0.3 is 0 Å². The fraction of sp³-hybridized carbons (Fsp3) is 0.0204. The van der Waals surface area contributed by atoms with Gasteiger partial charge in [-0.1, -0.05) is 110 Å². The fourth-order valence-corrected chi connectivity index (χ4v) is 12.9. The lowest BCUT2D eigenvalue weighted by molar-refractivity contribution is 1.62. The second-order valence-electron chi connectivity index (χ2n) is 13.7. The van der Waals surface area contributed by atoms with Crippen LogP contribution in [-0.2, 0) is 0 Å². The van der Waals surface area contributed by atoms with Crippen LogP contribution in [-0.4, -0.2) is 0 Å². The highest BCUT2D eigenvalue weighted by Crippen LogP contribution is 2.48. The number of hydrogen-bond donors (Lipinski definition) is 0. The van der Waals surface area contributed by atoms with Crippen LogP contribution < -0.4 is 0 Å². The first-order chi connectivity index (χ1) is 26.1. The van der Waals surface area contributed by atoms with Gasteiger partial charge in [0, 0.05) is 61.9 Å². The lowest BCUT2D eigenvalue weighted by Crippen LogP contribution is -1.79. The Morgan fingerprint density at radius 2 is 0.830 bits per heavy atom. The van der Waals surface area contributed by atoms with Crippen molar-refractivity contribution in [2.45, 2.75) is 6.92 Å². The van der Waals surface area contributed by atoms with E-state index in [0.29, 0.717) is 0 Å². The van der Waals surface area contributed by atoms with Crippen molar-refractivity contribution in [1.29, 1.82) is 0 Å². The van der Waals surface area contributed by atoms with Gasteiger partial charge in [0.2, 0.25) is 0 Å². The minimum Gasteiger partial charge on any atom is -0.134 e. The summed E-state index contributed by atoms with van der Waals surface area (Å²) in [4.78, 5) is 0. The molecular formula is C49H30S4. The molecule has 0 unspecified atom stereocenters. The van der Waals surface area contributed by atoms with E-state index in [1.165, 1.54) is 114 Å². The van der Waals surface area contributed by atoms with Crippen LogP contribution >= 0.6 is 45.3 Å². The van der Waals surface area contributed by atoms with Crippen LogP contribution in [0.25, 0.3) is 109 Å². The molecule has 0 bridgehead atoms. The SMILES string of the molecule is C=C/C=C\C=C(/C)c1ccc2sc3c(ccc4c5cc(-c6ccc7sc8c(ccc9c%10cc(-c%11ccccc%11)ccc%10sc98)c7c6)ccc5sc43)c2c1. The zero-order chi connectivity index (χ0) is 35.2. The summed E-state index contributed by atoms with van der Waals surface area (Å²) in [7, 11) is 0. The molecule has 0 saturated heterocycles. The first-order valence-corrected chi connectivity index (χ1v) is 21.0. The van der Waals surface area contributed by atoms with Crippen molar-refractivity contribution in [3.8, 4) is 22.3 Å². The third-order valence-corrected chi connectivity index (χ3v) is 15.7. The van der Waals surface area contributed by atoms with Gasteiger partial charge in [-0.3, -0.25) is 0 Å². The summed E-state index contributed by atoms with van der Waals surface area (Å²) >= 11 is 7.70. The van der Waals surface area contributed by atoms with Crippen molar-refractivity contribution in [3.63, 3.8) is 0 Å². The molecule has 0 aliphatic rings. The minimum atomic E-state index is 1.25. The number of rotatable bonds is 5. The van der Waals surface area contributed by atoms with Crippen molar-refractivity contribution >= 4 is 132 Å². The maximum atomic E-state index is 3.79. The largest absolute Gasteiger partial charge is 0.134 e. The number of fused-ring (bicyclic) bond motifs is 14. The molecule has 0 nitrogen and oxygen atoms in total. The second-order valence-corrected chi connectivity index (χ2v) is 17.9. The van der Waals surface area contributed by atoms with Gasteiger partial charge in [0.15, 0.2) is 0 Å². The smallest absolute Gasteiger partial charge is 0.0534 e. The molecule has 11 aromatic rings. The Kier molecular flexibility index (Phi) is 7.12. The molecule has 0 aliphatic carbocycles. The van der Waals surface area contributed by atoms with E-state index in [4.69, 9.17) is 0 Å². The summed E-state index contributed by atoms with van der Waals surface area (Å²) in [6.07, 6.45) is 7.99. The quantitative estimate of drug-likeness (QED) is 0.154. The molecule has 0 amide bonds. The van der Waals surface area contributed by atoms with Crippen molar-refractivity contribution < 1.29 is 0 Å². The molecule has 250 valence electrons. The topological polar surface area (TPSA) is 0 Å². The van der Waals surface area contributed by atoms with Crippen LogP contribution in [0.2, 0.25) is 0 Å². The predicted octanol–water partition coefficient (Wildman–Crippen LogP) is 16.6. The monoisotopic (exact) mass is 746 g/mol. The Balaban J connectivity index is 1.00. The fourth-order valence-electron chi connectivity index (χ4n) is 7.93. The van der Waals surface area contributed by atoms with E-state index in [9.17, 15) is 0 Å². The molecule has 0 atom stereocenters. The molecule has 0 fully saturated rings. The Hall–Kier alpha value is -5.36. The standard InChI is InChI=1S/C49H30S4/c1-3-4-6-9-28(2)30-12-20-42-38(24-30)34-16-17-36-40-26-32(14-22-44(40)52-48(36)46(34)50-42)33-15-23-45-41(27-33)37-19-18-35-39-25-31(29-10-7-5-8-11-29)13-21-43(39)51-47(35)49(37)53-45/h3-27H,1H2,2H3/b6-4-,28-9+. The third kappa shape index (κ3) is 4.91. The number of allylic oxidation sites excluding steroid dienone is 5. The summed E-state index contributed by atoms with van der Waals surface area (Å²) in [6, 6.07) is 48.1. The van der Waals surface area contributed by atoms with Crippen LogP contribution in [0.1, 0.15) is 12.5 Å². The third-order valence-electron chi connectivity index (χ3n) is 10.6. The van der Waals surface area contributed by atoms with E-state index in [0.717, 1.165) is 0 Å². The zero-order valence-electron chi connectivity index (χ0n) is 28.8. The Bertz CT molecular complexity index is 3360. The summed E-state index contributed by atoms with van der Waals surface area (Å²) in [5, 5.41) is 10.8. The summed E-state index contributed by atoms with van der Waals surface area (Å²) in [5.41, 5.74) is 7.57. The van der Waals surface area contributed by atoms with E-state index in [1.807, 2.05) is 57.5 Å². The number of thiophene rings is 4. The van der Waals surface area contributed by atoms with Gasteiger partial charge in [-0.05, 0) is 88.8 Å². The average molecular weight is 747 g/mol. The molecule has 7 aromatic carbocycles. The van der Waals surface area contributed by atoms with Gasteiger partial charge < -0.3 is 0 Å². The van der Waals surface area contributed by atoms with E-state index in [-0.39, 0.29) is 0 Å². The Morgan fingerprint density at radius 1 is 0.415 bits per heavy atom. The van der Waals surface area contributed by atoms with Crippen molar-refractivity contribution in [1.82, 2.24) is 0 Å². The highest BCUT2D eigenvalue weighted by molar-refractivity contribution is 7.34. The van der Waals surface area contributed by atoms with Crippen molar-refractivity contribution in [2.24, 2.45) is 0 Å². The predicted molar refractivity (Wildman–Crippen MR) is 242 cm³/mol. The number of hydrogen-bond acceptors (Lipinski definition) is 4. The molecule has 4 aromatic heterocycles. The van der Waals surface area contributed by atoms with Crippen molar-refractivity contribution in [2.75, 3.05) is 0 Å². The molecule has 53 heavy (non-hydrogen) atoms. The molecule has 11 rings (SSSR count). The van der Waals surface area contributed by atoms with Gasteiger partial charge in [0.05, 0.1) is 18.8 Å². The highest BCUT2D eigenvalue weighted by atomic mass is 32.1. The first kappa shape index (κ1) is 31.2. The molecule has 0 saturated carbocycles. The molecule has 4 heteroatoms. The molecule has 0 radical (unpaired) electrons. The second kappa shape index (κ2) is 12.1. The lowest BCUT2D eigenvalue weighted by Gasteiger charge is -2.04. The Morgan fingerprint density at radius 3 is 1.28 bits per heavy atom. The van der Waals surface area contributed by atoms with Gasteiger partial charge in [-0.2, -0.15) is 0 Å². The van der Waals surface area contributed by atoms with Crippen LogP contribution in [0, 0.1) is 0 Å². The summed E-state index contributed by atoms with van der Waals surface area (Å²) in [6.45, 7) is 5.96. The van der Waals surface area contributed by atoms with Gasteiger partial charge in [0.25, 0.3) is 0 Å². The van der Waals surface area contributed by atoms with Crippen LogP contribution in [0.15, 0.2) is 158 Å². The normalized spacial score (nSPS) is 12.7. The van der Waals surface area contributed by atoms with Crippen LogP contribution in [0.5, 0.6) is 0 Å². The van der Waals surface area contributed by atoms with Gasteiger partial charge in [-0.25, -0.2) is 0 Å². The molecule has 0 N–H and O–H groups in total. The van der Waals surface area contributed by atoms with Crippen LogP contribution in [0.3, 0.4) is 0 Å². The number of benzene rings is 7. The minimum absolute atomic E-state index is 1.25. The van der Waals surface area contributed by atoms with E-state index in [2.05, 4.69) is 153 Å². The Labute approximate surface area is 322 Å². The van der Waals surface area contributed by atoms with E-state index in [1.54, 1.807) is 0 Å². The first-order valence-electron chi connectivity index (χ1n) is 17.8. The highest BCUT2D eigenvalue weighted by Gasteiger charge is 2.17. The summed E-state index contributed by atoms with van der Waals surface area (Å²) in [5.74, 6) is 0. The van der Waals surface area contributed by atoms with E-state index < -0.39 is 0 Å².